The van der Waals surface area contributed by atoms with E-state index in [1.54, 1.807) is 25.1 Å². The highest BCUT2D eigenvalue weighted by molar-refractivity contribution is 5.99. The van der Waals surface area contributed by atoms with Gasteiger partial charge < -0.3 is 5.32 Å². The second kappa shape index (κ2) is 5.18. The van der Waals surface area contributed by atoms with Gasteiger partial charge in [0.1, 0.15) is 0 Å². The van der Waals surface area contributed by atoms with E-state index >= 15 is 0 Å². The number of rotatable bonds is 3. The lowest BCUT2D eigenvalue weighted by molar-refractivity contribution is -0.111. The lowest BCUT2D eigenvalue weighted by Gasteiger charge is -2.03. The summed E-state index contributed by atoms with van der Waals surface area (Å²) >= 11 is 0. The molecule has 1 heterocycles. The summed E-state index contributed by atoms with van der Waals surface area (Å²) in [7, 11) is 0. The molecule has 0 atom stereocenters. The summed E-state index contributed by atoms with van der Waals surface area (Å²) in [5, 5.41) is 7.96. The first kappa shape index (κ1) is 11.9. The maximum atomic E-state index is 11.3. The summed E-state index contributed by atoms with van der Waals surface area (Å²) in [6.45, 7) is 1.78. The van der Waals surface area contributed by atoms with Crippen molar-refractivity contribution in [1.29, 1.82) is 0 Å². The van der Waals surface area contributed by atoms with Crippen molar-refractivity contribution in [3.63, 3.8) is 0 Å². The van der Waals surface area contributed by atoms with Crippen LogP contribution in [0.15, 0.2) is 47.3 Å². The number of benzene rings is 1. The molecule has 0 saturated carbocycles. The summed E-state index contributed by atoms with van der Waals surface area (Å²) in [5.41, 5.74) is 2.12. The molecule has 0 fully saturated rings. The maximum absolute atomic E-state index is 11.3. The van der Waals surface area contributed by atoms with Gasteiger partial charge in [0.15, 0.2) is 0 Å². The fourth-order valence-corrected chi connectivity index (χ4v) is 1.56. The van der Waals surface area contributed by atoms with Gasteiger partial charge in [0.05, 0.1) is 5.69 Å². The topological polar surface area (TPSA) is 77.8 Å². The number of H-pyrrole nitrogens is 2. The highest BCUT2D eigenvalue weighted by atomic mass is 16.1. The van der Waals surface area contributed by atoms with Gasteiger partial charge in [-0.05, 0) is 30.7 Å². The van der Waals surface area contributed by atoms with Crippen LogP contribution in [0, 0.1) is 0 Å². The first-order valence-electron chi connectivity index (χ1n) is 5.51. The molecular formula is C13H13N3O2. The Morgan fingerprint density at radius 1 is 1.22 bits per heavy atom. The van der Waals surface area contributed by atoms with Crippen LogP contribution in [-0.4, -0.2) is 16.1 Å². The monoisotopic (exact) mass is 243 g/mol. The Bertz CT molecular complexity index is 620. The number of aromatic nitrogens is 2. The molecule has 0 spiro atoms. The van der Waals surface area contributed by atoms with E-state index in [1.165, 1.54) is 12.1 Å². The number of hydrogen-bond acceptors (Lipinski definition) is 2. The SMILES string of the molecule is CC=CC(=O)Nc1ccc(-c2cc(=O)[nH][nH]2)cc1. The van der Waals surface area contributed by atoms with Crippen LogP contribution in [0.2, 0.25) is 0 Å². The van der Waals surface area contributed by atoms with Gasteiger partial charge in [0.2, 0.25) is 5.91 Å². The lowest BCUT2D eigenvalue weighted by atomic mass is 10.1. The van der Waals surface area contributed by atoms with Crippen molar-refractivity contribution < 1.29 is 4.79 Å². The zero-order valence-corrected chi connectivity index (χ0v) is 9.86. The van der Waals surface area contributed by atoms with Crippen molar-refractivity contribution in [3.8, 4) is 11.3 Å². The predicted molar refractivity (Wildman–Crippen MR) is 70.3 cm³/mol. The molecule has 0 aliphatic carbocycles. The fraction of sp³-hybridized carbons (Fsp3) is 0.0769. The number of allylic oxidation sites excluding steroid dienone is 1. The van der Waals surface area contributed by atoms with E-state index in [2.05, 4.69) is 15.5 Å². The molecule has 0 bridgehead atoms. The van der Waals surface area contributed by atoms with E-state index in [4.69, 9.17) is 0 Å². The normalized spacial score (nSPS) is 10.7. The second-order valence-corrected chi connectivity index (χ2v) is 3.74. The number of aromatic amines is 2. The third-order valence-electron chi connectivity index (χ3n) is 2.38. The Kier molecular flexibility index (Phi) is 3.43. The molecule has 5 heteroatoms. The first-order valence-corrected chi connectivity index (χ1v) is 5.51. The van der Waals surface area contributed by atoms with Crippen LogP contribution < -0.4 is 10.9 Å². The van der Waals surface area contributed by atoms with Gasteiger partial charge in [-0.1, -0.05) is 18.2 Å². The summed E-state index contributed by atoms with van der Waals surface area (Å²) in [6, 6.07) is 8.69. The Morgan fingerprint density at radius 3 is 2.50 bits per heavy atom. The first-order chi connectivity index (χ1) is 8.69. The predicted octanol–water partition coefficient (Wildman–Crippen LogP) is 1.88. The van der Waals surface area contributed by atoms with E-state index in [0.717, 1.165) is 5.56 Å². The number of anilines is 1. The smallest absolute Gasteiger partial charge is 0.264 e. The van der Waals surface area contributed by atoms with E-state index in [9.17, 15) is 9.59 Å². The minimum absolute atomic E-state index is 0.166. The molecule has 18 heavy (non-hydrogen) atoms. The van der Waals surface area contributed by atoms with Crippen molar-refractivity contribution >= 4 is 11.6 Å². The van der Waals surface area contributed by atoms with Crippen molar-refractivity contribution in [3.05, 3.63) is 52.8 Å². The second-order valence-electron chi connectivity index (χ2n) is 3.74. The molecule has 0 unspecified atom stereocenters. The third-order valence-corrected chi connectivity index (χ3v) is 2.38. The standard InChI is InChI=1S/C13H13N3O2/c1-2-3-12(17)14-10-6-4-9(5-7-10)11-8-13(18)16-15-11/h2-8H,1H3,(H,14,17)(H2,15,16,18). The Labute approximate surface area is 104 Å². The number of hydrogen-bond donors (Lipinski definition) is 3. The van der Waals surface area contributed by atoms with Gasteiger partial charge in [-0.2, -0.15) is 0 Å². The zero-order valence-electron chi connectivity index (χ0n) is 9.86. The third kappa shape index (κ3) is 2.76. The van der Waals surface area contributed by atoms with E-state index in [-0.39, 0.29) is 11.5 Å². The van der Waals surface area contributed by atoms with Crippen LogP contribution in [0.1, 0.15) is 6.92 Å². The molecule has 1 aromatic carbocycles. The van der Waals surface area contributed by atoms with Crippen molar-refractivity contribution in [1.82, 2.24) is 10.2 Å². The van der Waals surface area contributed by atoms with E-state index < -0.39 is 0 Å². The molecule has 2 rings (SSSR count). The molecule has 1 aromatic heterocycles. The molecule has 0 aliphatic rings. The molecule has 5 nitrogen and oxygen atoms in total. The molecule has 0 saturated heterocycles. The molecule has 2 aromatic rings. The Morgan fingerprint density at radius 2 is 1.94 bits per heavy atom. The molecule has 3 N–H and O–H groups in total. The largest absolute Gasteiger partial charge is 0.323 e. The van der Waals surface area contributed by atoms with Gasteiger partial charge in [-0.25, -0.2) is 0 Å². The number of carbonyl (C=O) groups excluding carboxylic acids is 1. The number of carbonyl (C=O) groups is 1. The minimum atomic E-state index is -0.171. The van der Waals surface area contributed by atoms with Crippen molar-refractivity contribution in [2.45, 2.75) is 6.92 Å². The summed E-state index contributed by atoms with van der Waals surface area (Å²) in [4.78, 5) is 22.3. The summed E-state index contributed by atoms with van der Waals surface area (Å²) in [6.07, 6.45) is 3.13. The fourth-order valence-electron chi connectivity index (χ4n) is 1.56. The number of nitrogens with one attached hydrogen (secondary N) is 3. The van der Waals surface area contributed by atoms with E-state index in [1.807, 2.05) is 12.1 Å². The van der Waals surface area contributed by atoms with Crippen LogP contribution >= 0.6 is 0 Å². The van der Waals surface area contributed by atoms with Crippen LogP contribution in [-0.2, 0) is 4.79 Å². The highest BCUT2D eigenvalue weighted by Crippen LogP contribution is 2.17. The van der Waals surface area contributed by atoms with Crippen LogP contribution in [0.3, 0.4) is 0 Å². The molecule has 1 amide bonds. The molecular weight excluding hydrogens is 230 g/mol. The quantitative estimate of drug-likeness (QED) is 0.720. The van der Waals surface area contributed by atoms with Gasteiger partial charge in [-0.3, -0.25) is 19.8 Å². The Hall–Kier alpha value is -2.56. The zero-order chi connectivity index (χ0) is 13.0. The average Bonchev–Trinajstić information content (AvgIpc) is 2.77. The van der Waals surface area contributed by atoms with Crippen LogP contribution in [0.4, 0.5) is 5.69 Å². The van der Waals surface area contributed by atoms with Gasteiger partial charge in [-0.15, -0.1) is 0 Å². The molecule has 92 valence electrons. The average molecular weight is 243 g/mol. The van der Waals surface area contributed by atoms with Crippen LogP contribution in [0.25, 0.3) is 11.3 Å². The van der Waals surface area contributed by atoms with Gasteiger partial charge in [0, 0.05) is 11.8 Å². The molecule has 0 aliphatic heterocycles. The summed E-state index contributed by atoms with van der Waals surface area (Å²) < 4.78 is 0. The van der Waals surface area contributed by atoms with E-state index in [0.29, 0.717) is 11.4 Å². The Balaban J connectivity index is 2.15. The highest BCUT2D eigenvalue weighted by Gasteiger charge is 2.01. The van der Waals surface area contributed by atoms with Crippen molar-refractivity contribution in [2.24, 2.45) is 0 Å². The molecule has 0 radical (unpaired) electrons. The van der Waals surface area contributed by atoms with Gasteiger partial charge in [0.25, 0.3) is 5.56 Å². The minimum Gasteiger partial charge on any atom is -0.323 e. The maximum Gasteiger partial charge on any atom is 0.264 e. The number of amides is 1. The summed E-state index contributed by atoms with van der Waals surface area (Å²) in [5.74, 6) is -0.166. The van der Waals surface area contributed by atoms with Crippen LogP contribution in [0.5, 0.6) is 0 Å². The van der Waals surface area contributed by atoms with Crippen molar-refractivity contribution in [2.75, 3.05) is 5.32 Å². The lowest BCUT2D eigenvalue weighted by Crippen LogP contribution is -2.07. The van der Waals surface area contributed by atoms with Gasteiger partial charge >= 0.3 is 0 Å².